The predicted molar refractivity (Wildman–Crippen MR) is 115 cm³/mol. The van der Waals surface area contributed by atoms with E-state index in [4.69, 9.17) is 11.6 Å². The lowest BCUT2D eigenvalue weighted by atomic mass is 9.93. The van der Waals surface area contributed by atoms with E-state index in [0.29, 0.717) is 30.5 Å². The summed E-state index contributed by atoms with van der Waals surface area (Å²) in [5.41, 5.74) is 2.89. The molecule has 2 aliphatic heterocycles. The molecule has 1 fully saturated rings. The number of halogens is 1. The zero-order chi connectivity index (χ0) is 20.4. The van der Waals surface area contributed by atoms with Crippen LogP contribution in [0.5, 0.6) is 0 Å². The molecule has 2 aromatic rings. The summed E-state index contributed by atoms with van der Waals surface area (Å²) in [6.45, 7) is 5.05. The third-order valence-electron chi connectivity index (χ3n) is 6.24. The summed E-state index contributed by atoms with van der Waals surface area (Å²) in [5, 5.41) is 0.675. The van der Waals surface area contributed by atoms with Crippen molar-refractivity contribution in [2.45, 2.75) is 38.6 Å². The normalized spacial score (nSPS) is 18.1. The molecule has 2 aromatic carbocycles. The molecule has 0 spiro atoms. The number of hydrogen-bond acceptors (Lipinski definition) is 2. The van der Waals surface area contributed by atoms with E-state index in [2.05, 4.69) is 6.92 Å². The third-order valence-corrected chi connectivity index (χ3v) is 6.49. The van der Waals surface area contributed by atoms with Gasteiger partial charge in [0.05, 0.1) is 0 Å². The number of fused-ring (bicyclic) bond motifs is 1. The molecule has 2 heterocycles. The average Bonchev–Trinajstić information content (AvgIpc) is 3.04. The molecule has 152 valence electrons. The summed E-state index contributed by atoms with van der Waals surface area (Å²) in [6, 6.07) is 15.4. The van der Waals surface area contributed by atoms with Crippen LogP contribution in [-0.2, 0) is 11.3 Å². The van der Waals surface area contributed by atoms with Gasteiger partial charge in [-0.15, -0.1) is 0 Å². The summed E-state index contributed by atoms with van der Waals surface area (Å²) >= 11 is 6.07. The maximum atomic E-state index is 13.0. The number of amides is 2. The number of benzene rings is 2. The highest BCUT2D eigenvalue weighted by Gasteiger charge is 2.31. The summed E-state index contributed by atoms with van der Waals surface area (Å²) in [5.74, 6) is 0.879. The molecular weight excluding hydrogens is 384 g/mol. The van der Waals surface area contributed by atoms with Crippen LogP contribution in [0, 0.1) is 5.92 Å². The average molecular weight is 411 g/mol. The number of nitrogens with zero attached hydrogens (tertiary/aromatic N) is 2. The number of hydrogen-bond donors (Lipinski definition) is 0. The van der Waals surface area contributed by atoms with Crippen LogP contribution in [0.25, 0.3) is 0 Å². The van der Waals surface area contributed by atoms with E-state index in [0.717, 1.165) is 42.6 Å². The molecule has 1 saturated heterocycles. The van der Waals surface area contributed by atoms with Gasteiger partial charge in [-0.25, -0.2) is 0 Å². The molecule has 5 heteroatoms. The van der Waals surface area contributed by atoms with Crippen LogP contribution in [0.15, 0.2) is 48.5 Å². The molecule has 0 aliphatic carbocycles. The molecule has 4 rings (SSSR count). The van der Waals surface area contributed by atoms with Gasteiger partial charge in [0.25, 0.3) is 5.91 Å². The molecule has 0 aromatic heterocycles. The molecule has 0 N–H and O–H groups in total. The SMILES string of the molecule is CC1CCN(C(=O)C[C@@H](CN2Cc3ccccc3C2=O)c2ccc(Cl)cc2)CC1. The number of rotatable bonds is 5. The van der Waals surface area contributed by atoms with Crippen molar-refractivity contribution in [1.29, 1.82) is 0 Å². The van der Waals surface area contributed by atoms with Gasteiger partial charge in [-0.2, -0.15) is 0 Å². The molecule has 0 saturated carbocycles. The fraction of sp³-hybridized carbons (Fsp3) is 0.417. The first-order valence-electron chi connectivity index (χ1n) is 10.4. The Labute approximate surface area is 177 Å². The Balaban J connectivity index is 1.51. The Morgan fingerprint density at radius 2 is 1.79 bits per heavy atom. The standard InChI is InChI=1S/C24H27ClN2O2/c1-17-10-12-26(13-11-17)23(28)14-20(18-6-8-21(25)9-7-18)16-27-15-19-4-2-3-5-22(19)24(27)29/h2-9,17,20H,10-16H2,1H3/t20-/m0/s1. The van der Waals surface area contributed by atoms with E-state index in [-0.39, 0.29) is 17.7 Å². The number of likely N-dealkylation sites (tertiary alicyclic amines) is 1. The maximum Gasteiger partial charge on any atom is 0.254 e. The second kappa shape index (κ2) is 8.58. The zero-order valence-electron chi connectivity index (χ0n) is 16.8. The quantitative estimate of drug-likeness (QED) is 0.715. The Bertz CT molecular complexity index is 888. The highest BCUT2D eigenvalue weighted by atomic mass is 35.5. The molecule has 2 amide bonds. The second-order valence-corrected chi connectivity index (χ2v) is 8.80. The number of piperidine rings is 1. The topological polar surface area (TPSA) is 40.6 Å². The van der Waals surface area contributed by atoms with Crippen molar-refractivity contribution >= 4 is 23.4 Å². The number of carbonyl (C=O) groups excluding carboxylic acids is 2. The molecular formula is C24H27ClN2O2. The van der Waals surface area contributed by atoms with E-state index in [1.165, 1.54) is 0 Å². The molecule has 29 heavy (non-hydrogen) atoms. The van der Waals surface area contributed by atoms with Crippen molar-refractivity contribution in [3.8, 4) is 0 Å². The first-order valence-corrected chi connectivity index (χ1v) is 10.8. The van der Waals surface area contributed by atoms with Crippen LogP contribution in [0.1, 0.15) is 53.6 Å². The van der Waals surface area contributed by atoms with Crippen molar-refractivity contribution in [3.63, 3.8) is 0 Å². The summed E-state index contributed by atoms with van der Waals surface area (Å²) in [6.07, 6.45) is 2.55. The summed E-state index contributed by atoms with van der Waals surface area (Å²) in [4.78, 5) is 29.7. The minimum atomic E-state index is -0.0441. The monoisotopic (exact) mass is 410 g/mol. The minimum Gasteiger partial charge on any atom is -0.343 e. The van der Waals surface area contributed by atoms with Gasteiger partial charge >= 0.3 is 0 Å². The molecule has 0 radical (unpaired) electrons. The van der Waals surface area contributed by atoms with Crippen molar-refractivity contribution in [3.05, 3.63) is 70.2 Å². The van der Waals surface area contributed by atoms with Gasteiger partial charge in [-0.05, 0) is 48.1 Å². The fourth-order valence-electron chi connectivity index (χ4n) is 4.35. The zero-order valence-corrected chi connectivity index (χ0v) is 17.6. The van der Waals surface area contributed by atoms with Crippen LogP contribution in [0.3, 0.4) is 0 Å². The lowest BCUT2D eigenvalue weighted by Gasteiger charge is -2.32. The Morgan fingerprint density at radius 1 is 1.10 bits per heavy atom. The second-order valence-electron chi connectivity index (χ2n) is 8.36. The Hall–Kier alpha value is -2.33. The first kappa shape index (κ1) is 20.0. The van der Waals surface area contributed by atoms with Crippen molar-refractivity contribution in [2.75, 3.05) is 19.6 Å². The van der Waals surface area contributed by atoms with E-state index < -0.39 is 0 Å². The Kier molecular flexibility index (Phi) is 5.91. The van der Waals surface area contributed by atoms with Gasteiger partial charge in [0.2, 0.25) is 5.91 Å². The van der Waals surface area contributed by atoms with Crippen LogP contribution in [-0.4, -0.2) is 41.2 Å². The minimum absolute atomic E-state index is 0.0441. The van der Waals surface area contributed by atoms with E-state index in [1.54, 1.807) is 0 Å². The van der Waals surface area contributed by atoms with Crippen LogP contribution in [0.2, 0.25) is 5.02 Å². The molecule has 2 aliphatic rings. The van der Waals surface area contributed by atoms with Gasteiger partial charge in [-0.3, -0.25) is 9.59 Å². The molecule has 0 unspecified atom stereocenters. The van der Waals surface area contributed by atoms with Crippen LogP contribution in [0.4, 0.5) is 0 Å². The molecule has 4 nitrogen and oxygen atoms in total. The van der Waals surface area contributed by atoms with Crippen molar-refractivity contribution in [2.24, 2.45) is 5.92 Å². The predicted octanol–water partition coefficient (Wildman–Crippen LogP) is 4.73. The van der Waals surface area contributed by atoms with Crippen LogP contribution < -0.4 is 0 Å². The largest absolute Gasteiger partial charge is 0.343 e. The third kappa shape index (κ3) is 4.48. The van der Waals surface area contributed by atoms with Gasteiger partial charge < -0.3 is 9.80 Å². The number of carbonyl (C=O) groups is 2. The van der Waals surface area contributed by atoms with Gasteiger partial charge in [0.1, 0.15) is 0 Å². The summed E-state index contributed by atoms with van der Waals surface area (Å²) < 4.78 is 0. The first-order chi connectivity index (χ1) is 14.0. The lowest BCUT2D eigenvalue weighted by Crippen LogP contribution is -2.39. The summed E-state index contributed by atoms with van der Waals surface area (Å²) in [7, 11) is 0. The highest BCUT2D eigenvalue weighted by Crippen LogP contribution is 2.29. The smallest absolute Gasteiger partial charge is 0.254 e. The van der Waals surface area contributed by atoms with E-state index in [9.17, 15) is 9.59 Å². The van der Waals surface area contributed by atoms with Crippen molar-refractivity contribution < 1.29 is 9.59 Å². The van der Waals surface area contributed by atoms with Gasteiger partial charge in [0, 0.05) is 49.1 Å². The van der Waals surface area contributed by atoms with Crippen molar-refractivity contribution in [1.82, 2.24) is 9.80 Å². The van der Waals surface area contributed by atoms with Crippen LogP contribution >= 0.6 is 11.6 Å². The molecule has 0 bridgehead atoms. The van der Waals surface area contributed by atoms with Gasteiger partial charge in [-0.1, -0.05) is 48.9 Å². The van der Waals surface area contributed by atoms with E-state index >= 15 is 0 Å². The fourth-order valence-corrected chi connectivity index (χ4v) is 4.47. The lowest BCUT2D eigenvalue weighted by molar-refractivity contribution is -0.133. The maximum absolute atomic E-state index is 13.0. The molecule has 1 atom stereocenters. The highest BCUT2D eigenvalue weighted by molar-refractivity contribution is 6.30. The van der Waals surface area contributed by atoms with Gasteiger partial charge in [0.15, 0.2) is 0 Å². The van der Waals surface area contributed by atoms with E-state index in [1.807, 2.05) is 58.3 Å². The Morgan fingerprint density at radius 3 is 2.48 bits per heavy atom.